The van der Waals surface area contributed by atoms with Crippen molar-refractivity contribution in [2.45, 2.75) is 32.2 Å². The van der Waals surface area contributed by atoms with Crippen LogP contribution in [0.4, 0.5) is 0 Å². The van der Waals surface area contributed by atoms with E-state index in [4.69, 9.17) is 10.5 Å². The Morgan fingerprint density at radius 2 is 1.67 bits per heavy atom. The molecule has 0 bridgehead atoms. The lowest BCUT2D eigenvalue weighted by molar-refractivity contribution is -0.122. The first-order valence-electron chi connectivity index (χ1n) is 8.25. The quantitative estimate of drug-likeness (QED) is 0.820. The first-order chi connectivity index (χ1) is 11.5. The Bertz CT molecular complexity index is 650. The van der Waals surface area contributed by atoms with Crippen molar-refractivity contribution in [1.29, 1.82) is 0 Å². The highest BCUT2D eigenvalue weighted by Crippen LogP contribution is 2.21. The van der Waals surface area contributed by atoms with Gasteiger partial charge in [-0.25, -0.2) is 0 Å². The smallest absolute Gasteiger partial charge is 0.241 e. The Morgan fingerprint density at radius 3 is 2.25 bits per heavy atom. The van der Waals surface area contributed by atoms with Crippen LogP contribution in [0.3, 0.4) is 0 Å². The third-order valence-corrected chi connectivity index (χ3v) is 4.28. The van der Waals surface area contributed by atoms with Crippen molar-refractivity contribution in [3.8, 4) is 5.75 Å². The van der Waals surface area contributed by atoms with Crippen molar-refractivity contribution in [2.75, 3.05) is 13.7 Å². The monoisotopic (exact) mass is 326 g/mol. The van der Waals surface area contributed by atoms with Gasteiger partial charge in [-0.05, 0) is 42.5 Å². The van der Waals surface area contributed by atoms with Gasteiger partial charge in [0.15, 0.2) is 0 Å². The highest BCUT2D eigenvalue weighted by molar-refractivity contribution is 5.82. The number of carbonyl (C=O) groups excluding carboxylic acids is 1. The number of hydrogen-bond acceptors (Lipinski definition) is 3. The van der Waals surface area contributed by atoms with Crippen molar-refractivity contribution >= 4 is 5.91 Å². The third kappa shape index (κ3) is 4.83. The first-order valence-corrected chi connectivity index (χ1v) is 8.25. The lowest BCUT2D eigenvalue weighted by atomic mass is 9.97. The van der Waals surface area contributed by atoms with E-state index in [1.54, 1.807) is 7.11 Å². The summed E-state index contributed by atoms with van der Waals surface area (Å²) >= 11 is 0. The molecule has 0 aliphatic carbocycles. The van der Waals surface area contributed by atoms with E-state index in [1.165, 1.54) is 5.56 Å². The number of aryl methyl sites for hydroxylation is 1. The Kier molecular flexibility index (Phi) is 6.38. The van der Waals surface area contributed by atoms with Gasteiger partial charge >= 0.3 is 0 Å². The van der Waals surface area contributed by atoms with Crippen LogP contribution in [0.15, 0.2) is 48.5 Å². The molecule has 128 valence electrons. The Hall–Kier alpha value is -2.33. The van der Waals surface area contributed by atoms with Gasteiger partial charge in [-0.15, -0.1) is 0 Å². The van der Waals surface area contributed by atoms with Crippen molar-refractivity contribution in [2.24, 2.45) is 5.73 Å². The summed E-state index contributed by atoms with van der Waals surface area (Å²) in [7, 11) is 1.66. The number of methoxy groups -OCH3 is 1. The van der Waals surface area contributed by atoms with Gasteiger partial charge in [0.1, 0.15) is 11.8 Å². The number of nitrogens with two attached hydrogens (primary N) is 1. The van der Waals surface area contributed by atoms with E-state index in [-0.39, 0.29) is 5.91 Å². The lowest BCUT2D eigenvalue weighted by Gasteiger charge is -2.16. The number of hydrogen-bond donors (Lipinski definition) is 2. The molecular formula is C20H26N2O2. The molecule has 0 aromatic heterocycles. The van der Waals surface area contributed by atoms with Gasteiger partial charge in [0.2, 0.25) is 5.91 Å². The summed E-state index contributed by atoms with van der Waals surface area (Å²) < 4.78 is 5.17. The summed E-state index contributed by atoms with van der Waals surface area (Å²) in [5.74, 6) is 1.07. The van der Waals surface area contributed by atoms with E-state index in [9.17, 15) is 4.79 Å². The molecule has 2 atom stereocenters. The van der Waals surface area contributed by atoms with Gasteiger partial charge < -0.3 is 15.8 Å². The summed E-state index contributed by atoms with van der Waals surface area (Å²) in [6.07, 6.45) is 0.860. The van der Waals surface area contributed by atoms with Gasteiger partial charge in [0.05, 0.1) is 7.11 Å². The molecule has 2 unspecified atom stereocenters. The van der Waals surface area contributed by atoms with Crippen molar-refractivity contribution < 1.29 is 9.53 Å². The molecule has 0 aliphatic rings. The molecule has 0 radical (unpaired) electrons. The fraction of sp³-hybridized carbons (Fsp3) is 0.350. The van der Waals surface area contributed by atoms with Gasteiger partial charge in [-0.1, -0.05) is 48.9 Å². The van der Waals surface area contributed by atoms with Crippen LogP contribution in [0.2, 0.25) is 0 Å². The molecule has 3 N–H and O–H groups in total. The third-order valence-electron chi connectivity index (χ3n) is 4.28. The predicted octanol–water partition coefficient (Wildman–Crippen LogP) is 3.31. The molecule has 2 aromatic carbocycles. The standard InChI is InChI=1S/C20H26N2O2/c1-14-4-6-17(7-5-14)19(21)20(23)22-13-12-15(2)16-8-10-18(24-3)11-9-16/h4-11,15,19H,12-13,21H2,1-3H3,(H,22,23). The average molecular weight is 326 g/mol. The number of ether oxygens (including phenoxy) is 1. The van der Waals surface area contributed by atoms with Gasteiger partial charge in [0.25, 0.3) is 0 Å². The molecule has 4 nitrogen and oxygen atoms in total. The van der Waals surface area contributed by atoms with Crippen molar-refractivity contribution in [1.82, 2.24) is 5.32 Å². The Morgan fingerprint density at radius 1 is 1.08 bits per heavy atom. The maximum atomic E-state index is 12.2. The van der Waals surface area contributed by atoms with Crippen LogP contribution in [0, 0.1) is 6.92 Å². The molecular weight excluding hydrogens is 300 g/mol. The molecule has 1 amide bonds. The second-order valence-electron chi connectivity index (χ2n) is 6.14. The second kappa shape index (κ2) is 8.50. The number of nitrogens with one attached hydrogen (secondary N) is 1. The molecule has 0 aliphatic heterocycles. The minimum atomic E-state index is -0.623. The van der Waals surface area contributed by atoms with E-state index in [0.717, 1.165) is 23.3 Å². The van der Waals surface area contributed by atoms with E-state index in [1.807, 2.05) is 43.3 Å². The van der Waals surface area contributed by atoms with Crippen molar-refractivity contribution in [3.63, 3.8) is 0 Å². The summed E-state index contributed by atoms with van der Waals surface area (Å²) in [5.41, 5.74) is 9.24. The molecule has 0 heterocycles. The number of benzene rings is 2. The van der Waals surface area contributed by atoms with Crippen LogP contribution >= 0.6 is 0 Å². The number of rotatable bonds is 7. The maximum absolute atomic E-state index is 12.2. The van der Waals surface area contributed by atoms with Gasteiger partial charge in [0, 0.05) is 6.54 Å². The molecule has 2 rings (SSSR count). The fourth-order valence-electron chi connectivity index (χ4n) is 2.55. The highest BCUT2D eigenvalue weighted by atomic mass is 16.5. The topological polar surface area (TPSA) is 64.3 Å². The van der Waals surface area contributed by atoms with Gasteiger partial charge in [-0.2, -0.15) is 0 Å². The van der Waals surface area contributed by atoms with E-state index >= 15 is 0 Å². The lowest BCUT2D eigenvalue weighted by Crippen LogP contribution is -2.35. The Balaban J connectivity index is 1.81. The van der Waals surface area contributed by atoms with Crippen molar-refractivity contribution in [3.05, 3.63) is 65.2 Å². The Labute approximate surface area is 144 Å². The van der Waals surface area contributed by atoms with Crippen LogP contribution in [0.1, 0.15) is 42.0 Å². The summed E-state index contributed by atoms with van der Waals surface area (Å²) in [4.78, 5) is 12.2. The normalized spacial score (nSPS) is 13.2. The SMILES string of the molecule is COc1ccc(C(C)CCNC(=O)C(N)c2ccc(C)cc2)cc1. The first kappa shape index (κ1) is 18.0. The van der Waals surface area contributed by atoms with E-state index in [2.05, 4.69) is 24.4 Å². The van der Waals surface area contributed by atoms with E-state index in [0.29, 0.717) is 12.5 Å². The largest absolute Gasteiger partial charge is 0.497 e. The van der Waals surface area contributed by atoms with Crippen LogP contribution in [0.25, 0.3) is 0 Å². The van der Waals surface area contributed by atoms with Crippen LogP contribution in [0.5, 0.6) is 5.75 Å². The molecule has 24 heavy (non-hydrogen) atoms. The van der Waals surface area contributed by atoms with Crippen LogP contribution < -0.4 is 15.8 Å². The molecule has 0 saturated heterocycles. The van der Waals surface area contributed by atoms with Crippen LogP contribution in [-0.2, 0) is 4.79 Å². The molecule has 0 fully saturated rings. The minimum Gasteiger partial charge on any atom is -0.497 e. The van der Waals surface area contributed by atoms with Crippen LogP contribution in [-0.4, -0.2) is 19.6 Å². The molecule has 0 saturated carbocycles. The summed E-state index contributed by atoms with van der Waals surface area (Å²) in [6, 6.07) is 15.1. The minimum absolute atomic E-state index is 0.138. The average Bonchev–Trinajstić information content (AvgIpc) is 2.61. The number of amides is 1. The predicted molar refractivity (Wildman–Crippen MR) is 97.1 cm³/mol. The zero-order valence-corrected chi connectivity index (χ0v) is 14.6. The number of carbonyl (C=O) groups is 1. The molecule has 2 aromatic rings. The maximum Gasteiger partial charge on any atom is 0.241 e. The summed E-state index contributed by atoms with van der Waals surface area (Å²) in [5, 5.41) is 2.93. The summed E-state index contributed by atoms with van der Waals surface area (Å²) in [6.45, 7) is 4.76. The van der Waals surface area contributed by atoms with E-state index < -0.39 is 6.04 Å². The molecule has 0 spiro atoms. The second-order valence-corrected chi connectivity index (χ2v) is 6.14. The zero-order chi connectivity index (χ0) is 17.5. The molecule has 4 heteroatoms. The fourth-order valence-corrected chi connectivity index (χ4v) is 2.55. The zero-order valence-electron chi connectivity index (χ0n) is 14.6. The van der Waals surface area contributed by atoms with Gasteiger partial charge in [-0.3, -0.25) is 4.79 Å². The highest BCUT2D eigenvalue weighted by Gasteiger charge is 2.15.